The third-order valence-corrected chi connectivity index (χ3v) is 8.99. The second-order valence-corrected chi connectivity index (χ2v) is 12.9. The molecule has 1 aromatic heterocycles. The van der Waals surface area contributed by atoms with Crippen LogP contribution in [0.5, 0.6) is 0 Å². The fourth-order valence-corrected chi connectivity index (χ4v) is 6.72. The number of aliphatic hydroxyl groups excluding tert-OH is 2. The van der Waals surface area contributed by atoms with E-state index in [9.17, 15) is 10.2 Å². The Labute approximate surface area is 243 Å². The number of nitrogens with zero attached hydrogens (tertiary/aromatic N) is 1. The number of benzene rings is 2. The summed E-state index contributed by atoms with van der Waals surface area (Å²) in [6.07, 6.45) is 4.72. The van der Waals surface area contributed by atoms with Crippen molar-refractivity contribution in [3.8, 4) is 11.3 Å². The second-order valence-electron chi connectivity index (χ2n) is 12.9. The van der Waals surface area contributed by atoms with Crippen molar-refractivity contribution in [2.75, 3.05) is 0 Å². The van der Waals surface area contributed by atoms with E-state index in [4.69, 9.17) is 4.98 Å². The van der Waals surface area contributed by atoms with Crippen LogP contribution in [0.3, 0.4) is 0 Å². The fourth-order valence-electron chi connectivity index (χ4n) is 6.72. The Morgan fingerprint density at radius 2 is 1.61 bits per heavy atom. The Balaban J connectivity index is 0.000000220. The molecule has 2 N–H and O–H groups in total. The molecule has 38 heavy (non-hydrogen) atoms. The normalized spacial score (nSPS) is 25.2. The molecule has 0 bridgehead atoms. The molecule has 4 atom stereocenters. The molecule has 1 radical (unpaired) electrons. The van der Waals surface area contributed by atoms with Gasteiger partial charge in [-0.15, -0.1) is 34.9 Å². The molecular weight excluding hydrogens is 647 g/mol. The maximum absolute atomic E-state index is 10.3. The van der Waals surface area contributed by atoms with Gasteiger partial charge in [0.05, 0.1) is 17.7 Å². The van der Waals surface area contributed by atoms with Gasteiger partial charge in [-0.05, 0) is 71.7 Å². The third kappa shape index (κ3) is 6.25. The average molecular weight is 693 g/mol. The monoisotopic (exact) mass is 693 g/mol. The second kappa shape index (κ2) is 11.9. The zero-order valence-corrected chi connectivity index (χ0v) is 26.9. The first kappa shape index (κ1) is 31.0. The van der Waals surface area contributed by atoms with Gasteiger partial charge >= 0.3 is 0 Å². The van der Waals surface area contributed by atoms with E-state index < -0.39 is 0 Å². The maximum atomic E-state index is 10.3. The zero-order chi connectivity index (χ0) is 27.1. The molecule has 0 saturated heterocycles. The van der Waals surface area contributed by atoms with Crippen molar-refractivity contribution in [3.05, 3.63) is 64.7 Å². The van der Waals surface area contributed by atoms with E-state index in [0.29, 0.717) is 5.92 Å². The van der Waals surface area contributed by atoms with Crippen molar-refractivity contribution in [1.29, 1.82) is 0 Å². The van der Waals surface area contributed by atoms with Gasteiger partial charge in [0.1, 0.15) is 0 Å². The molecule has 209 valence electrons. The average Bonchev–Trinajstić information content (AvgIpc) is 3.08. The maximum Gasteiger partial charge on any atom is 0.0646 e. The largest absolute Gasteiger partial charge is 0.392 e. The fraction of sp³-hybridized carbons (Fsp3) is 0.559. The van der Waals surface area contributed by atoms with E-state index in [1.165, 1.54) is 22.1 Å². The summed E-state index contributed by atoms with van der Waals surface area (Å²) in [6, 6.07) is 16.6. The van der Waals surface area contributed by atoms with Crippen molar-refractivity contribution in [3.63, 3.8) is 0 Å². The van der Waals surface area contributed by atoms with E-state index >= 15 is 0 Å². The molecule has 0 spiro atoms. The van der Waals surface area contributed by atoms with Gasteiger partial charge in [0.2, 0.25) is 0 Å². The molecule has 1 heterocycles. The van der Waals surface area contributed by atoms with Crippen LogP contribution in [-0.4, -0.2) is 27.4 Å². The zero-order valence-electron chi connectivity index (χ0n) is 24.5. The first-order valence-electron chi connectivity index (χ1n) is 14.2. The number of aliphatic hydroxyl groups is 2. The molecule has 5 rings (SSSR count). The predicted molar refractivity (Wildman–Crippen MR) is 155 cm³/mol. The van der Waals surface area contributed by atoms with Gasteiger partial charge in [-0.25, -0.2) is 0 Å². The minimum atomic E-state index is -0.340. The first-order valence-corrected chi connectivity index (χ1v) is 14.2. The minimum absolute atomic E-state index is 0. The van der Waals surface area contributed by atoms with Gasteiger partial charge in [-0.1, -0.05) is 73.6 Å². The van der Waals surface area contributed by atoms with Crippen molar-refractivity contribution in [2.45, 2.75) is 99.7 Å². The molecule has 2 saturated carbocycles. The first-order chi connectivity index (χ1) is 17.4. The molecule has 2 aliphatic rings. The number of pyridine rings is 1. The molecule has 4 unspecified atom stereocenters. The van der Waals surface area contributed by atoms with Gasteiger partial charge in [0.15, 0.2) is 0 Å². The minimum Gasteiger partial charge on any atom is -0.392 e. The number of rotatable bonds is 3. The van der Waals surface area contributed by atoms with Gasteiger partial charge in [0.25, 0.3) is 0 Å². The van der Waals surface area contributed by atoms with E-state index in [1.807, 2.05) is 0 Å². The summed E-state index contributed by atoms with van der Waals surface area (Å²) < 4.78 is 0. The van der Waals surface area contributed by atoms with Crippen LogP contribution in [0, 0.1) is 42.6 Å². The summed E-state index contributed by atoms with van der Waals surface area (Å²) >= 11 is 0. The molecule has 2 aliphatic carbocycles. The summed E-state index contributed by atoms with van der Waals surface area (Å²) in [5, 5.41) is 21.9. The SMILES string of the molecule is CC1(C)CCC2CC(C)(C)C(O)C2C1O.CCc1cc(CC)c2ccc(-c3[c-]c(C)cc(C)c3)nc2c1.[Ir]. The third-order valence-electron chi connectivity index (χ3n) is 8.99. The Kier molecular flexibility index (Phi) is 9.68. The summed E-state index contributed by atoms with van der Waals surface area (Å²) in [6.45, 7) is 17.1. The summed E-state index contributed by atoms with van der Waals surface area (Å²) in [5.74, 6) is 0.627. The van der Waals surface area contributed by atoms with Crippen molar-refractivity contribution < 1.29 is 30.3 Å². The van der Waals surface area contributed by atoms with Gasteiger partial charge < -0.3 is 10.2 Å². The van der Waals surface area contributed by atoms with Gasteiger partial charge in [-0.3, -0.25) is 4.98 Å². The Morgan fingerprint density at radius 3 is 2.24 bits per heavy atom. The smallest absolute Gasteiger partial charge is 0.0646 e. The van der Waals surface area contributed by atoms with Crippen molar-refractivity contribution in [1.82, 2.24) is 4.98 Å². The number of hydrogen-bond acceptors (Lipinski definition) is 3. The van der Waals surface area contributed by atoms with Crippen LogP contribution in [0.2, 0.25) is 0 Å². The standard InChI is InChI=1S/C21H22N.C13H24O2.Ir/c1-5-16-12-17(6-2)19-7-8-20(22-21(19)13-16)18-10-14(3)9-15(4)11-18;1-12(2)6-5-8-7-13(3,4)11(15)9(8)10(12)14;/h7-10,12-13H,5-6H2,1-4H3;8-11,14-15H,5-7H2,1-4H3;/q-1;;. The van der Waals surface area contributed by atoms with Crippen LogP contribution in [0.25, 0.3) is 22.2 Å². The molecule has 0 amide bonds. The van der Waals surface area contributed by atoms with Crippen LogP contribution in [-0.2, 0) is 32.9 Å². The Bertz CT molecular complexity index is 1240. The van der Waals surface area contributed by atoms with Crippen LogP contribution >= 0.6 is 0 Å². The van der Waals surface area contributed by atoms with E-state index in [-0.39, 0.29) is 49.1 Å². The molecule has 3 nitrogen and oxygen atoms in total. The van der Waals surface area contributed by atoms with Crippen molar-refractivity contribution >= 4 is 10.9 Å². The predicted octanol–water partition coefficient (Wildman–Crippen LogP) is 7.63. The summed E-state index contributed by atoms with van der Waals surface area (Å²) in [4.78, 5) is 4.91. The van der Waals surface area contributed by atoms with E-state index in [2.05, 4.69) is 97.9 Å². The molecule has 4 heteroatoms. The number of aromatic nitrogens is 1. The quantitative estimate of drug-likeness (QED) is 0.278. The molecule has 2 fully saturated rings. The van der Waals surface area contributed by atoms with Crippen LogP contribution in [0.15, 0.2) is 36.4 Å². The summed E-state index contributed by atoms with van der Waals surface area (Å²) in [5.41, 5.74) is 8.31. The summed E-state index contributed by atoms with van der Waals surface area (Å²) in [7, 11) is 0. The Morgan fingerprint density at radius 1 is 0.921 bits per heavy atom. The van der Waals surface area contributed by atoms with Gasteiger partial charge in [0, 0.05) is 31.4 Å². The molecule has 0 aliphatic heterocycles. The number of hydrogen-bond donors (Lipinski definition) is 2. The Hall–Kier alpha value is -1.58. The number of fused-ring (bicyclic) bond motifs is 2. The van der Waals surface area contributed by atoms with Gasteiger partial charge in [-0.2, -0.15) is 0 Å². The van der Waals surface area contributed by atoms with Crippen LogP contribution in [0.4, 0.5) is 0 Å². The van der Waals surface area contributed by atoms with Crippen molar-refractivity contribution in [2.24, 2.45) is 22.7 Å². The van der Waals surface area contributed by atoms with E-state index in [0.717, 1.165) is 54.4 Å². The van der Waals surface area contributed by atoms with Crippen LogP contribution in [0.1, 0.15) is 83.1 Å². The van der Waals surface area contributed by atoms with Crippen LogP contribution < -0.4 is 0 Å². The van der Waals surface area contributed by atoms with E-state index in [1.54, 1.807) is 0 Å². The molecule has 2 aromatic carbocycles. The number of aryl methyl sites for hydroxylation is 4. The molecule has 3 aromatic rings. The molecular formula is C34H46IrNO2-. The topological polar surface area (TPSA) is 53.4 Å².